The fraction of sp³-hybridized carbons (Fsp3) is 0.944. The lowest BCUT2D eigenvalue weighted by Crippen LogP contribution is -2.52. The number of carbonyl (C=O) groups is 1. The average Bonchev–Trinajstić information content (AvgIpc) is 2.65. The molecule has 0 aromatic heterocycles. The molecule has 0 bridgehead atoms. The van der Waals surface area contributed by atoms with E-state index in [0.717, 1.165) is 32.7 Å². The second-order valence-electron chi connectivity index (χ2n) is 5.94. The van der Waals surface area contributed by atoms with Crippen molar-refractivity contribution in [3.63, 3.8) is 0 Å². The quantitative estimate of drug-likeness (QED) is 0.794. The number of likely N-dealkylation sites (N-methyl/N-ethyl adjacent to an activating group) is 2. The standard InChI is InChI=1S/C14H29N5O.2C2H6/c1-15-14(20)13-19-11-9-18(10-12-19)8-7-17-5-3-16(2)4-6-17;2*1-2/h3-13H2,1-2H3,(H,15,20);2*1-2H3. The zero-order valence-corrected chi connectivity index (χ0v) is 17.0. The molecule has 0 aromatic rings. The summed E-state index contributed by atoms with van der Waals surface area (Å²) in [6.07, 6.45) is 0. The van der Waals surface area contributed by atoms with Crippen molar-refractivity contribution in [3.05, 3.63) is 0 Å². The van der Waals surface area contributed by atoms with Crippen LogP contribution < -0.4 is 5.32 Å². The molecule has 0 radical (unpaired) electrons. The first-order valence-corrected chi connectivity index (χ1v) is 9.73. The Morgan fingerprint density at radius 2 is 1.12 bits per heavy atom. The van der Waals surface area contributed by atoms with Crippen LogP contribution in [0.1, 0.15) is 27.7 Å². The lowest BCUT2D eigenvalue weighted by atomic mass is 10.3. The molecule has 6 heteroatoms. The summed E-state index contributed by atoms with van der Waals surface area (Å²) < 4.78 is 0. The van der Waals surface area contributed by atoms with Gasteiger partial charge in [0.25, 0.3) is 0 Å². The van der Waals surface area contributed by atoms with Crippen LogP contribution in [-0.2, 0) is 4.79 Å². The Morgan fingerprint density at radius 3 is 1.54 bits per heavy atom. The number of rotatable bonds is 5. The Bertz CT molecular complexity index is 298. The van der Waals surface area contributed by atoms with Crippen LogP contribution in [0.15, 0.2) is 0 Å². The Kier molecular flexibility index (Phi) is 14.2. The lowest BCUT2D eigenvalue weighted by Gasteiger charge is -2.37. The maximum absolute atomic E-state index is 11.3. The maximum atomic E-state index is 11.3. The van der Waals surface area contributed by atoms with Gasteiger partial charge in [0.15, 0.2) is 0 Å². The number of nitrogens with zero attached hydrogens (tertiary/aromatic N) is 4. The predicted molar refractivity (Wildman–Crippen MR) is 104 cm³/mol. The van der Waals surface area contributed by atoms with E-state index < -0.39 is 0 Å². The molecule has 0 atom stereocenters. The molecule has 0 saturated carbocycles. The van der Waals surface area contributed by atoms with Gasteiger partial charge in [-0.3, -0.25) is 19.5 Å². The maximum Gasteiger partial charge on any atom is 0.233 e. The minimum Gasteiger partial charge on any atom is -0.358 e. The third kappa shape index (κ3) is 9.57. The average molecular weight is 344 g/mol. The van der Waals surface area contributed by atoms with Crippen molar-refractivity contribution in [3.8, 4) is 0 Å². The predicted octanol–water partition coefficient (Wildman–Crippen LogP) is 0.650. The second kappa shape index (κ2) is 14.6. The zero-order valence-electron chi connectivity index (χ0n) is 17.0. The van der Waals surface area contributed by atoms with Crippen molar-refractivity contribution in [2.45, 2.75) is 27.7 Å². The normalized spacial score (nSPS) is 20.4. The van der Waals surface area contributed by atoms with Gasteiger partial charge in [0, 0.05) is 72.5 Å². The van der Waals surface area contributed by atoms with Crippen LogP contribution in [0.25, 0.3) is 0 Å². The Hall–Kier alpha value is -0.690. The van der Waals surface area contributed by atoms with E-state index >= 15 is 0 Å². The molecular formula is C18H41N5O. The first kappa shape index (κ1) is 23.3. The highest BCUT2D eigenvalue weighted by Gasteiger charge is 2.19. The fourth-order valence-electron chi connectivity index (χ4n) is 2.81. The number of hydrogen-bond acceptors (Lipinski definition) is 5. The fourth-order valence-corrected chi connectivity index (χ4v) is 2.81. The summed E-state index contributed by atoms with van der Waals surface area (Å²) in [7, 11) is 3.90. The molecular weight excluding hydrogens is 302 g/mol. The molecule has 2 rings (SSSR count). The number of nitrogens with one attached hydrogen (secondary N) is 1. The minimum absolute atomic E-state index is 0.121. The van der Waals surface area contributed by atoms with Crippen molar-refractivity contribution < 1.29 is 4.79 Å². The van der Waals surface area contributed by atoms with E-state index in [1.165, 1.54) is 32.7 Å². The van der Waals surface area contributed by atoms with Crippen LogP contribution in [0.3, 0.4) is 0 Å². The highest BCUT2D eigenvalue weighted by molar-refractivity contribution is 5.77. The number of piperazine rings is 2. The third-order valence-electron chi connectivity index (χ3n) is 4.44. The highest BCUT2D eigenvalue weighted by atomic mass is 16.1. The Labute approximate surface area is 150 Å². The van der Waals surface area contributed by atoms with E-state index in [9.17, 15) is 4.79 Å². The minimum atomic E-state index is 0.121. The monoisotopic (exact) mass is 343 g/mol. The van der Waals surface area contributed by atoms with Gasteiger partial charge in [0.2, 0.25) is 5.91 Å². The number of carbonyl (C=O) groups excluding carboxylic acids is 1. The van der Waals surface area contributed by atoms with E-state index in [-0.39, 0.29) is 5.91 Å². The van der Waals surface area contributed by atoms with Crippen LogP contribution in [0.5, 0.6) is 0 Å². The molecule has 6 nitrogen and oxygen atoms in total. The van der Waals surface area contributed by atoms with Crippen molar-refractivity contribution in [2.75, 3.05) is 86.1 Å². The molecule has 1 amide bonds. The Balaban J connectivity index is 0.00000123. The van der Waals surface area contributed by atoms with E-state index in [1.54, 1.807) is 7.05 Å². The van der Waals surface area contributed by atoms with Crippen LogP contribution >= 0.6 is 0 Å². The molecule has 2 aliphatic heterocycles. The van der Waals surface area contributed by atoms with Crippen molar-refractivity contribution in [1.29, 1.82) is 0 Å². The van der Waals surface area contributed by atoms with Crippen LogP contribution in [0.4, 0.5) is 0 Å². The molecule has 2 saturated heterocycles. The molecule has 0 spiro atoms. The molecule has 0 unspecified atom stereocenters. The van der Waals surface area contributed by atoms with E-state index in [1.807, 2.05) is 27.7 Å². The van der Waals surface area contributed by atoms with Gasteiger partial charge in [-0.25, -0.2) is 0 Å². The zero-order chi connectivity index (χ0) is 18.4. The SMILES string of the molecule is CC.CC.CNC(=O)CN1CCN(CCN2CCN(C)CC2)CC1. The van der Waals surface area contributed by atoms with Crippen LogP contribution in [0, 0.1) is 0 Å². The van der Waals surface area contributed by atoms with Crippen molar-refractivity contribution in [1.82, 2.24) is 24.9 Å². The summed E-state index contributed by atoms with van der Waals surface area (Å²) in [6.45, 7) is 19.9. The molecule has 2 heterocycles. The molecule has 0 aliphatic carbocycles. The van der Waals surface area contributed by atoms with Crippen LogP contribution in [-0.4, -0.2) is 112 Å². The first-order valence-electron chi connectivity index (χ1n) is 9.73. The number of amides is 1. The molecule has 0 aromatic carbocycles. The van der Waals surface area contributed by atoms with E-state index in [2.05, 4.69) is 32.0 Å². The van der Waals surface area contributed by atoms with Gasteiger partial charge in [-0.2, -0.15) is 0 Å². The first-order chi connectivity index (χ1) is 11.7. The summed E-state index contributed by atoms with van der Waals surface area (Å²) in [5, 5.41) is 2.69. The Morgan fingerprint density at radius 1 is 0.750 bits per heavy atom. The second-order valence-corrected chi connectivity index (χ2v) is 5.94. The molecule has 2 aliphatic rings. The summed E-state index contributed by atoms with van der Waals surface area (Å²) in [5.74, 6) is 0.121. The smallest absolute Gasteiger partial charge is 0.233 e. The van der Waals surface area contributed by atoms with Gasteiger partial charge in [0.05, 0.1) is 6.54 Å². The van der Waals surface area contributed by atoms with Gasteiger partial charge in [0.1, 0.15) is 0 Å². The van der Waals surface area contributed by atoms with Crippen LogP contribution in [0.2, 0.25) is 0 Å². The topological polar surface area (TPSA) is 42.1 Å². The van der Waals surface area contributed by atoms with Crippen molar-refractivity contribution in [2.24, 2.45) is 0 Å². The van der Waals surface area contributed by atoms with E-state index in [4.69, 9.17) is 0 Å². The summed E-state index contributed by atoms with van der Waals surface area (Å²) in [5.41, 5.74) is 0. The summed E-state index contributed by atoms with van der Waals surface area (Å²) in [6, 6.07) is 0. The highest BCUT2D eigenvalue weighted by Crippen LogP contribution is 2.03. The molecule has 144 valence electrons. The van der Waals surface area contributed by atoms with Gasteiger partial charge in [-0.15, -0.1) is 0 Å². The summed E-state index contributed by atoms with van der Waals surface area (Å²) >= 11 is 0. The molecule has 1 N–H and O–H groups in total. The molecule has 24 heavy (non-hydrogen) atoms. The lowest BCUT2D eigenvalue weighted by molar-refractivity contribution is -0.122. The summed E-state index contributed by atoms with van der Waals surface area (Å²) in [4.78, 5) is 21.1. The van der Waals surface area contributed by atoms with Gasteiger partial charge in [-0.05, 0) is 7.05 Å². The van der Waals surface area contributed by atoms with Crippen molar-refractivity contribution >= 4 is 5.91 Å². The van der Waals surface area contributed by atoms with E-state index in [0.29, 0.717) is 6.54 Å². The third-order valence-corrected chi connectivity index (χ3v) is 4.44. The largest absolute Gasteiger partial charge is 0.358 e. The van der Waals surface area contributed by atoms with Gasteiger partial charge >= 0.3 is 0 Å². The number of hydrogen-bond donors (Lipinski definition) is 1. The van der Waals surface area contributed by atoms with Gasteiger partial charge < -0.3 is 10.2 Å². The van der Waals surface area contributed by atoms with Gasteiger partial charge in [-0.1, -0.05) is 27.7 Å². The molecule has 2 fully saturated rings.